The van der Waals surface area contributed by atoms with E-state index in [0.29, 0.717) is 12.3 Å². The molecule has 1 atom stereocenters. The molecule has 0 aliphatic heterocycles. The van der Waals surface area contributed by atoms with Crippen LogP contribution in [0.25, 0.3) is 0 Å². The number of carbonyl (C=O) groups is 1. The smallest absolute Gasteiger partial charge is 0.158 e. The molecule has 0 bridgehead atoms. The van der Waals surface area contributed by atoms with Crippen molar-refractivity contribution in [1.82, 2.24) is 0 Å². The molecule has 0 aliphatic carbocycles. The minimum absolute atomic E-state index is 0.197. The Morgan fingerprint density at radius 2 is 2.00 bits per heavy atom. The van der Waals surface area contributed by atoms with E-state index in [9.17, 15) is 4.79 Å². The molecular formula is C14H20O2. The predicted molar refractivity (Wildman–Crippen MR) is 65.4 cm³/mol. The molecule has 0 amide bonds. The largest absolute Gasteiger partial charge is 0.377 e. The lowest BCUT2D eigenvalue weighted by molar-refractivity contribution is -0.123. The summed E-state index contributed by atoms with van der Waals surface area (Å²) in [6.07, 6.45) is 2.72. The number of rotatable bonds is 7. The van der Waals surface area contributed by atoms with E-state index in [4.69, 9.17) is 4.74 Å². The Kier molecular flexibility index (Phi) is 5.79. The molecule has 0 saturated carbocycles. The van der Waals surface area contributed by atoms with E-state index < -0.39 is 0 Å². The number of ether oxygens (including phenoxy) is 1. The van der Waals surface area contributed by atoms with Crippen LogP contribution in [0.1, 0.15) is 25.3 Å². The van der Waals surface area contributed by atoms with Crippen molar-refractivity contribution in [2.75, 3.05) is 13.7 Å². The normalized spacial score (nSPS) is 12.4. The lowest BCUT2D eigenvalue weighted by Gasteiger charge is -2.10. The van der Waals surface area contributed by atoms with Gasteiger partial charge >= 0.3 is 0 Å². The van der Waals surface area contributed by atoms with Crippen LogP contribution in [-0.4, -0.2) is 19.5 Å². The summed E-state index contributed by atoms with van der Waals surface area (Å²) < 4.78 is 4.82. The zero-order chi connectivity index (χ0) is 11.8. The molecule has 88 valence electrons. The second kappa shape index (κ2) is 7.18. The van der Waals surface area contributed by atoms with Crippen molar-refractivity contribution >= 4 is 5.78 Å². The van der Waals surface area contributed by atoms with Crippen molar-refractivity contribution < 1.29 is 9.53 Å². The number of ketones is 1. The summed E-state index contributed by atoms with van der Waals surface area (Å²) in [6, 6.07) is 10.4. The van der Waals surface area contributed by atoms with E-state index in [-0.39, 0.29) is 12.4 Å². The maximum Gasteiger partial charge on any atom is 0.158 e. The highest BCUT2D eigenvalue weighted by molar-refractivity contribution is 5.79. The fraction of sp³-hybridized carbons (Fsp3) is 0.500. The predicted octanol–water partition coefficient (Wildman–Crippen LogP) is 2.86. The van der Waals surface area contributed by atoms with Gasteiger partial charge in [0.15, 0.2) is 5.78 Å². The SMILES string of the molecule is COCC(=O)CC(C)CCc1ccccc1. The van der Waals surface area contributed by atoms with E-state index in [1.165, 1.54) is 5.56 Å². The Morgan fingerprint density at radius 3 is 2.62 bits per heavy atom. The molecule has 1 aromatic rings. The summed E-state index contributed by atoms with van der Waals surface area (Å²) >= 11 is 0. The Balaban J connectivity index is 2.25. The van der Waals surface area contributed by atoms with Crippen LogP contribution in [0.5, 0.6) is 0 Å². The summed E-state index contributed by atoms with van der Waals surface area (Å²) in [5.74, 6) is 0.630. The van der Waals surface area contributed by atoms with Gasteiger partial charge < -0.3 is 4.74 Å². The van der Waals surface area contributed by atoms with E-state index in [0.717, 1.165) is 12.8 Å². The van der Waals surface area contributed by atoms with Crippen LogP contribution in [0.3, 0.4) is 0 Å². The lowest BCUT2D eigenvalue weighted by atomic mass is 9.96. The molecule has 0 radical (unpaired) electrons. The zero-order valence-electron chi connectivity index (χ0n) is 10.1. The highest BCUT2D eigenvalue weighted by atomic mass is 16.5. The number of Topliss-reactive ketones (excluding diaryl/α,β-unsaturated/α-hetero) is 1. The minimum atomic E-state index is 0.197. The summed E-state index contributed by atoms with van der Waals surface area (Å²) in [5, 5.41) is 0. The molecule has 0 saturated heterocycles. The standard InChI is InChI=1S/C14H20O2/c1-12(10-14(15)11-16-2)8-9-13-6-4-3-5-7-13/h3-7,12H,8-11H2,1-2H3. The van der Waals surface area contributed by atoms with Crippen LogP contribution in [0.2, 0.25) is 0 Å². The summed E-state index contributed by atoms with van der Waals surface area (Å²) in [6.45, 7) is 2.37. The molecule has 1 aromatic carbocycles. The van der Waals surface area contributed by atoms with Crippen LogP contribution < -0.4 is 0 Å². The Labute approximate surface area is 97.6 Å². The van der Waals surface area contributed by atoms with Gasteiger partial charge in [0.25, 0.3) is 0 Å². The maximum atomic E-state index is 11.3. The molecule has 1 unspecified atom stereocenters. The van der Waals surface area contributed by atoms with Gasteiger partial charge in [0.2, 0.25) is 0 Å². The zero-order valence-corrected chi connectivity index (χ0v) is 10.1. The van der Waals surface area contributed by atoms with Crippen LogP contribution in [-0.2, 0) is 16.0 Å². The molecular weight excluding hydrogens is 200 g/mol. The monoisotopic (exact) mass is 220 g/mol. The van der Waals surface area contributed by atoms with Crippen LogP contribution >= 0.6 is 0 Å². The van der Waals surface area contributed by atoms with Crippen molar-refractivity contribution in [3.8, 4) is 0 Å². The van der Waals surface area contributed by atoms with Gasteiger partial charge in [-0.05, 0) is 24.3 Å². The minimum Gasteiger partial charge on any atom is -0.377 e. The van der Waals surface area contributed by atoms with Crippen molar-refractivity contribution in [3.05, 3.63) is 35.9 Å². The summed E-state index contributed by atoms with van der Waals surface area (Å²) in [4.78, 5) is 11.3. The van der Waals surface area contributed by atoms with Crippen LogP contribution in [0.15, 0.2) is 30.3 Å². The first kappa shape index (κ1) is 12.9. The lowest BCUT2D eigenvalue weighted by Crippen LogP contribution is -2.11. The highest BCUT2D eigenvalue weighted by Gasteiger charge is 2.08. The molecule has 1 rings (SSSR count). The van der Waals surface area contributed by atoms with Gasteiger partial charge in [-0.25, -0.2) is 0 Å². The molecule has 0 aliphatic rings. The van der Waals surface area contributed by atoms with Gasteiger partial charge in [0.1, 0.15) is 6.61 Å². The Morgan fingerprint density at radius 1 is 1.31 bits per heavy atom. The number of hydrogen-bond acceptors (Lipinski definition) is 2. The fourth-order valence-electron chi connectivity index (χ4n) is 1.77. The molecule has 2 heteroatoms. The number of benzene rings is 1. The second-order valence-corrected chi connectivity index (χ2v) is 4.31. The van der Waals surface area contributed by atoms with Crippen LogP contribution in [0, 0.1) is 5.92 Å². The third kappa shape index (κ3) is 5.08. The van der Waals surface area contributed by atoms with Crippen molar-refractivity contribution in [2.24, 2.45) is 5.92 Å². The highest BCUT2D eigenvalue weighted by Crippen LogP contribution is 2.13. The van der Waals surface area contributed by atoms with Crippen LogP contribution in [0.4, 0.5) is 0 Å². The third-order valence-electron chi connectivity index (χ3n) is 2.65. The average Bonchev–Trinajstić information content (AvgIpc) is 2.28. The Hall–Kier alpha value is -1.15. The van der Waals surface area contributed by atoms with Gasteiger partial charge in [0.05, 0.1) is 0 Å². The van der Waals surface area contributed by atoms with E-state index in [1.807, 2.05) is 6.07 Å². The van der Waals surface area contributed by atoms with Crippen molar-refractivity contribution in [2.45, 2.75) is 26.2 Å². The van der Waals surface area contributed by atoms with Crippen molar-refractivity contribution in [3.63, 3.8) is 0 Å². The molecule has 0 aromatic heterocycles. The maximum absolute atomic E-state index is 11.3. The first-order valence-electron chi connectivity index (χ1n) is 5.77. The first-order valence-corrected chi connectivity index (χ1v) is 5.77. The quantitative estimate of drug-likeness (QED) is 0.706. The van der Waals surface area contributed by atoms with Gasteiger partial charge in [-0.1, -0.05) is 37.3 Å². The van der Waals surface area contributed by atoms with E-state index in [1.54, 1.807) is 7.11 Å². The first-order chi connectivity index (χ1) is 7.72. The topological polar surface area (TPSA) is 26.3 Å². The van der Waals surface area contributed by atoms with E-state index >= 15 is 0 Å². The molecule has 0 N–H and O–H groups in total. The van der Waals surface area contributed by atoms with E-state index in [2.05, 4.69) is 31.2 Å². The van der Waals surface area contributed by atoms with Gasteiger partial charge in [-0.15, -0.1) is 0 Å². The van der Waals surface area contributed by atoms with Gasteiger partial charge in [-0.3, -0.25) is 4.79 Å². The summed E-state index contributed by atoms with van der Waals surface area (Å²) in [7, 11) is 1.56. The summed E-state index contributed by atoms with van der Waals surface area (Å²) in [5.41, 5.74) is 1.34. The molecule has 0 heterocycles. The molecule has 0 spiro atoms. The molecule has 0 fully saturated rings. The van der Waals surface area contributed by atoms with Gasteiger partial charge in [-0.2, -0.15) is 0 Å². The number of methoxy groups -OCH3 is 1. The Bertz CT molecular complexity index is 306. The average molecular weight is 220 g/mol. The fourth-order valence-corrected chi connectivity index (χ4v) is 1.77. The number of carbonyl (C=O) groups excluding carboxylic acids is 1. The molecule has 16 heavy (non-hydrogen) atoms. The van der Waals surface area contributed by atoms with Gasteiger partial charge in [0, 0.05) is 13.5 Å². The third-order valence-corrected chi connectivity index (χ3v) is 2.65. The van der Waals surface area contributed by atoms with Crippen molar-refractivity contribution in [1.29, 1.82) is 0 Å². The second-order valence-electron chi connectivity index (χ2n) is 4.31. The number of hydrogen-bond donors (Lipinski definition) is 0. The molecule has 2 nitrogen and oxygen atoms in total. The number of aryl methyl sites for hydroxylation is 1.